The van der Waals surface area contributed by atoms with Crippen molar-refractivity contribution in [3.8, 4) is 5.75 Å². The highest BCUT2D eigenvalue weighted by molar-refractivity contribution is 5.96. The number of carbonyl (C=O) groups is 1. The normalized spacial score (nSPS) is 17.0. The molecular formula is C26H29N3O3. The molecule has 0 N–H and O–H groups in total. The number of methoxy groups -OCH3 is 1. The van der Waals surface area contributed by atoms with Crippen molar-refractivity contribution in [2.45, 2.75) is 19.4 Å². The number of cyclic esters (lactones) is 1. The van der Waals surface area contributed by atoms with Gasteiger partial charge in [0, 0.05) is 73.7 Å². The molecule has 1 aliphatic heterocycles. The van der Waals surface area contributed by atoms with Crippen molar-refractivity contribution in [3.63, 3.8) is 0 Å². The molecule has 0 saturated heterocycles. The zero-order chi connectivity index (χ0) is 22.9. The average Bonchev–Trinajstić information content (AvgIpc) is 3.13. The lowest BCUT2D eigenvalue weighted by Crippen LogP contribution is -2.30. The summed E-state index contributed by atoms with van der Waals surface area (Å²) in [5.41, 5.74) is 3.89. The van der Waals surface area contributed by atoms with Gasteiger partial charge < -0.3 is 19.3 Å². The van der Waals surface area contributed by atoms with Crippen LogP contribution >= 0.6 is 0 Å². The fraction of sp³-hybridized carbons (Fsp3) is 0.308. The Bertz CT molecular complexity index is 1120. The number of nitrogens with zero attached hydrogens (tertiary/aromatic N) is 3. The van der Waals surface area contributed by atoms with Gasteiger partial charge in [-0.1, -0.05) is 12.1 Å². The van der Waals surface area contributed by atoms with Crippen molar-refractivity contribution in [3.05, 3.63) is 83.2 Å². The van der Waals surface area contributed by atoms with Crippen LogP contribution in [0.4, 0.5) is 11.4 Å². The molecule has 0 fully saturated rings. The van der Waals surface area contributed by atoms with E-state index in [0.29, 0.717) is 11.3 Å². The number of ether oxygens (including phenoxy) is 2. The van der Waals surface area contributed by atoms with Crippen LogP contribution in [0, 0.1) is 0 Å². The summed E-state index contributed by atoms with van der Waals surface area (Å²) in [4.78, 5) is 21.4. The number of benzene rings is 2. The molecule has 1 unspecified atom stereocenters. The molecule has 6 nitrogen and oxygen atoms in total. The minimum atomic E-state index is -1.12. The summed E-state index contributed by atoms with van der Waals surface area (Å²) < 4.78 is 12.1. The molecule has 0 aliphatic carbocycles. The van der Waals surface area contributed by atoms with Crippen LogP contribution in [-0.4, -0.2) is 45.2 Å². The topological polar surface area (TPSA) is 54.9 Å². The molecule has 0 amide bonds. The van der Waals surface area contributed by atoms with Crippen molar-refractivity contribution in [1.29, 1.82) is 0 Å². The molecule has 1 aromatic heterocycles. The minimum Gasteiger partial charge on any atom is -0.496 e. The van der Waals surface area contributed by atoms with E-state index in [0.717, 1.165) is 41.2 Å². The van der Waals surface area contributed by atoms with E-state index in [1.807, 2.05) is 61.5 Å². The molecule has 2 aromatic carbocycles. The predicted molar refractivity (Wildman–Crippen MR) is 127 cm³/mol. The van der Waals surface area contributed by atoms with Gasteiger partial charge in [-0.15, -0.1) is 0 Å². The Morgan fingerprint density at radius 3 is 2.28 bits per heavy atom. The summed E-state index contributed by atoms with van der Waals surface area (Å²) in [6.45, 7) is 6.03. The third-order valence-electron chi connectivity index (χ3n) is 6.15. The summed E-state index contributed by atoms with van der Waals surface area (Å²) in [6.07, 6.45) is 3.27. The molecule has 3 aromatic rings. The molecule has 0 saturated carbocycles. The predicted octanol–water partition coefficient (Wildman–Crippen LogP) is 4.46. The fourth-order valence-corrected chi connectivity index (χ4v) is 4.43. The monoisotopic (exact) mass is 431 g/mol. The van der Waals surface area contributed by atoms with Crippen LogP contribution < -0.4 is 14.5 Å². The van der Waals surface area contributed by atoms with Gasteiger partial charge in [0.1, 0.15) is 5.75 Å². The smallest absolute Gasteiger partial charge is 0.341 e. The standard InChI is InChI=1S/C26H29N3O3/c1-6-29(7-2)20-12-13-23(24(16-20)31-5)26(18-8-10-19(11-9-18)28(3)4)22-14-15-27-17-21(22)25(30)32-26/h8-17H,6-7H2,1-5H3. The lowest BCUT2D eigenvalue weighted by atomic mass is 9.79. The molecule has 0 radical (unpaired) electrons. The van der Waals surface area contributed by atoms with Gasteiger partial charge in [0.2, 0.25) is 0 Å². The quantitative estimate of drug-likeness (QED) is 0.515. The highest BCUT2D eigenvalue weighted by atomic mass is 16.6. The van der Waals surface area contributed by atoms with Gasteiger partial charge in [0.05, 0.1) is 12.7 Å². The number of hydrogen-bond donors (Lipinski definition) is 0. The molecule has 32 heavy (non-hydrogen) atoms. The number of esters is 1. The Hall–Kier alpha value is -3.54. The van der Waals surface area contributed by atoms with Crippen molar-refractivity contribution < 1.29 is 14.3 Å². The first-order chi connectivity index (χ1) is 15.5. The fourth-order valence-electron chi connectivity index (χ4n) is 4.43. The molecule has 1 aliphatic rings. The molecule has 0 bridgehead atoms. The Morgan fingerprint density at radius 1 is 0.969 bits per heavy atom. The lowest BCUT2D eigenvalue weighted by molar-refractivity contribution is 0.0245. The van der Waals surface area contributed by atoms with Gasteiger partial charge in [-0.2, -0.15) is 0 Å². The molecule has 4 rings (SSSR count). The molecular weight excluding hydrogens is 402 g/mol. The number of pyridine rings is 1. The maximum absolute atomic E-state index is 13.0. The summed E-state index contributed by atoms with van der Waals surface area (Å²) in [5, 5.41) is 0. The van der Waals surface area contributed by atoms with E-state index in [1.54, 1.807) is 19.5 Å². The molecule has 1 atom stereocenters. The number of aromatic nitrogens is 1. The Morgan fingerprint density at radius 2 is 1.66 bits per heavy atom. The molecule has 2 heterocycles. The summed E-state index contributed by atoms with van der Waals surface area (Å²) in [6, 6.07) is 16.0. The second-order valence-corrected chi connectivity index (χ2v) is 7.99. The summed E-state index contributed by atoms with van der Waals surface area (Å²) >= 11 is 0. The molecule has 6 heteroatoms. The van der Waals surface area contributed by atoms with Crippen LogP contribution in [0.25, 0.3) is 0 Å². The van der Waals surface area contributed by atoms with E-state index < -0.39 is 5.60 Å². The van der Waals surface area contributed by atoms with Crippen molar-refractivity contribution in [2.24, 2.45) is 0 Å². The van der Waals surface area contributed by atoms with E-state index in [9.17, 15) is 4.79 Å². The first kappa shape index (κ1) is 21.7. The van der Waals surface area contributed by atoms with Crippen molar-refractivity contribution in [1.82, 2.24) is 4.98 Å². The van der Waals surface area contributed by atoms with Crippen LogP contribution in [0.15, 0.2) is 60.9 Å². The highest BCUT2D eigenvalue weighted by Gasteiger charge is 2.50. The maximum atomic E-state index is 13.0. The molecule has 0 spiro atoms. The zero-order valence-corrected chi connectivity index (χ0v) is 19.3. The minimum absolute atomic E-state index is 0.389. The first-order valence-corrected chi connectivity index (χ1v) is 10.8. The SMILES string of the molecule is CCN(CC)c1ccc(C2(c3ccc(N(C)C)cc3)OC(=O)c3cnccc32)c(OC)c1. The van der Waals surface area contributed by atoms with E-state index in [1.165, 1.54) is 0 Å². The number of fused-ring (bicyclic) bond motifs is 1. The summed E-state index contributed by atoms with van der Waals surface area (Å²) in [5.74, 6) is 0.281. The van der Waals surface area contributed by atoms with E-state index >= 15 is 0 Å². The van der Waals surface area contributed by atoms with Crippen LogP contribution in [0.5, 0.6) is 5.75 Å². The van der Waals surface area contributed by atoms with Crippen LogP contribution in [0.3, 0.4) is 0 Å². The van der Waals surface area contributed by atoms with Crippen molar-refractivity contribution >= 4 is 17.3 Å². The number of carbonyl (C=O) groups excluding carboxylic acids is 1. The van der Waals surface area contributed by atoms with E-state index in [-0.39, 0.29) is 5.97 Å². The third-order valence-corrected chi connectivity index (χ3v) is 6.15. The van der Waals surface area contributed by atoms with Crippen LogP contribution in [0.2, 0.25) is 0 Å². The number of hydrogen-bond acceptors (Lipinski definition) is 6. The molecule has 166 valence electrons. The number of anilines is 2. The van der Waals surface area contributed by atoms with Crippen LogP contribution in [-0.2, 0) is 10.3 Å². The van der Waals surface area contributed by atoms with Gasteiger partial charge in [-0.25, -0.2) is 4.79 Å². The largest absolute Gasteiger partial charge is 0.496 e. The number of rotatable bonds is 7. The maximum Gasteiger partial charge on any atom is 0.341 e. The van der Waals surface area contributed by atoms with Gasteiger partial charge in [0.15, 0.2) is 5.60 Å². The lowest BCUT2D eigenvalue weighted by Gasteiger charge is -2.32. The third kappa shape index (κ3) is 3.36. The van der Waals surface area contributed by atoms with Gasteiger partial charge >= 0.3 is 5.97 Å². The van der Waals surface area contributed by atoms with Gasteiger partial charge in [-0.3, -0.25) is 4.98 Å². The van der Waals surface area contributed by atoms with Gasteiger partial charge in [-0.05, 0) is 44.2 Å². The Kier molecular flexibility index (Phi) is 5.78. The van der Waals surface area contributed by atoms with Crippen LogP contribution in [0.1, 0.15) is 40.9 Å². The second kappa shape index (κ2) is 8.54. The summed E-state index contributed by atoms with van der Waals surface area (Å²) in [7, 11) is 5.64. The van der Waals surface area contributed by atoms with Crippen molar-refractivity contribution in [2.75, 3.05) is 44.1 Å². The zero-order valence-electron chi connectivity index (χ0n) is 19.3. The highest BCUT2D eigenvalue weighted by Crippen LogP contribution is 2.50. The Labute approximate surface area is 189 Å². The first-order valence-electron chi connectivity index (χ1n) is 10.8. The van der Waals surface area contributed by atoms with Gasteiger partial charge in [0.25, 0.3) is 0 Å². The van der Waals surface area contributed by atoms with E-state index in [2.05, 4.69) is 29.8 Å². The Balaban J connectivity index is 1.97. The van der Waals surface area contributed by atoms with E-state index in [4.69, 9.17) is 9.47 Å². The average molecular weight is 432 g/mol. The second-order valence-electron chi connectivity index (χ2n) is 7.99.